The molecule has 0 atom stereocenters. The van der Waals surface area contributed by atoms with Gasteiger partial charge in [0.25, 0.3) is 0 Å². The molecule has 0 fully saturated rings. The first-order valence-corrected chi connectivity index (χ1v) is 6.87. The van der Waals surface area contributed by atoms with Gasteiger partial charge in [-0.3, -0.25) is 0 Å². The van der Waals surface area contributed by atoms with Crippen molar-refractivity contribution in [3.8, 4) is 0 Å². The number of benzene rings is 1. The Bertz CT molecular complexity index is 431. The van der Waals surface area contributed by atoms with Crippen LogP contribution in [0.5, 0.6) is 0 Å². The molecule has 0 aromatic heterocycles. The highest BCUT2D eigenvalue weighted by Crippen LogP contribution is 2.24. The van der Waals surface area contributed by atoms with Gasteiger partial charge in [-0.1, -0.05) is 0 Å². The summed E-state index contributed by atoms with van der Waals surface area (Å²) in [4.78, 5) is 25.9. The zero-order valence-corrected chi connectivity index (χ0v) is 9.85. The van der Waals surface area contributed by atoms with Gasteiger partial charge in [-0.05, 0) is 12.8 Å². The monoisotopic (exact) mass is 288 g/mol. The quantitative estimate of drug-likeness (QED) is 0.338. The van der Waals surface area contributed by atoms with Crippen LogP contribution in [0.1, 0.15) is 12.0 Å². The molecule has 1 rings (SSSR count). The number of rotatable bonds is 4. The van der Waals surface area contributed by atoms with E-state index in [9.17, 15) is 22.0 Å². The standard InChI is InChI=1S/C9H9F5O3Si/c10-5-4(2-1-3-18(15,16)17)6(11)8(13)9(14)7(5)12/h15-17H,1-3H2. The van der Waals surface area contributed by atoms with E-state index in [4.69, 9.17) is 14.4 Å². The van der Waals surface area contributed by atoms with Gasteiger partial charge in [0.05, 0.1) is 0 Å². The second-order valence-electron chi connectivity index (χ2n) is 3.68. The van der Waals surface area contributed by atoms with Crippen LogP contribution in [0.4, 0.5) is 22.0 Å². The molecular formula is C9H9F5O3Si. The summed E-state index contributed by atoms with van der Waals surface area (Å²) in [6.45, 7) is 0. The average molecular weight is 288 g/mol. The van der Waals surface area contributed by atoms with Crippen LogP contribution in [0.25, 0.3) is 0 Å². The Hall–Kier alpha value is -1.03. The van der Waals surface area contributed by atoms with Gasteiger partial charge in [-0.15, -0.1) is 0 Å². The second-order valence-corrected chi connectivity index (χ2v) is 5.73. The number of hydrogen-bond donors (Lipinski definition) is 3. The van der Waals surface area contributed by atoms with E-state index in [-0.39, 0.29) is 6.42 Å². The Morgan fingerprint density at radius 2 is 1.11 bits per heavy atom. The van der Waals surface area contributed by atoms with Gasteiger partial charge in [0.1, 0.15) is 0 Å². The minimum absolute atomic E-state index is 0.325. The van der Waals surface area contributed by atoms with E-state index in [1.807, 2.05) is 0 Å². The smallest absolute Gasteiger partial charge is 0.390 e. The van der Waals surface area contributed by atoms with Crippen molar-refractivity contribution in [2.45, 2.75) is 18.9 Å². The molecule has 1 aromatic rings. The molecule has 0 radical (unpaired) electrons. The molecular weight excluding hydrogens is 279 g/mol. The van der Waals surface area contributed by atoms with Gasteiger partial charge in [-0.25, -0.2) is 22.0 Å². The third-order valence-electron chi connectivity index (χ3n) is 2.24. The molecule has 0 unspecified atom stereocenters. The largest absolute Gasteiger partial charge is 0.492 e. The van der Waals surface area contributed by atoms with E-state index in [1.54, 1.807) is 0 Å². The Balaban J connectivity index is 2.96. The first kappa shape index (κ1) is 15.0. The summed E-state index contributed by atoms with van der Waals surface area (Å²) < 4.78 is 64.4. The summed E-state index contributed by atoms with van der Waals surface area (Å²) in [6, 6.07) is -0.563. The third kappa shape index (κ3) is 3.25. The second kappa shape index (κ2) is 5.30. The molecule has 3 N–H and O–H groups in total. The molecule has 102 valence electrons. The molecule has 0 heterocycles. The van der Waals surface area contributed by atoms with Crippen LogP contribution in [0.2, 0.25) is 6.04 Å². The normalized spacial score (nSPS) is 12.0. The molecule has 1 aromatic carbocycles. The average Bonchev–Trinajstić information content (AvgIpc) is 2.27. The van der Waals surface area contributed by atoms with Crippen molar-refractivity contribution in [3.05, 3.63) is 34.6 Å². The Kier molecular flexibility index (Phi) is 4.43. The third-order valence-corrected chi connectivity index (χ3v) is 3.26. The minimum Gasteiger partial charge on any atom is -0.390 e. The van der Waals surface area contributed by atoms with Crippen LogP contribution in [0, 0.1) is 29.1 Å². The molecule has 0 spiro atoms. The highest BCUT2D eigenvalue weighted by atomic mass is 28.4. The molecule has 0 aliphatic carbocycles. The van der Waals surface area contributed by atoms with Crippen molar-refractivity contribution in [2.24, 2.45) is 0 Å². The lowest BCUT2D eigenvalue weighted by molar-refractivity contribution is 0.226. The predicted octanol–water partition coefficient (Wildman–Crippen LogP) is 1.23. The molecule has 3 nitrogen and oxygen atoms in total. The highest BCUT2D eigenvalue weighted by molar-refractivity contribution is 6.56. The van der Waals surface area contributed by atoms with Crippen molar-refractivity contribution in [2.75, 3.05) is 0 Å². The summed E-state index contributed by atoms with van der Waals surface area (Å²) in [5.74, 6) is -10.3. The fourth-order valence-corrected chi connectivity index (χ4v) is 2.02. The summed E-state index contributed by atoms with van der Waals surface area (Å²) in [5, 5.41) is 0. The van der Waals surface area contributed by atoms with Crippen molar-refractivity contribution >= 4 is 8.80 Å². The molecule has 0 amide bonds. The van der Waals surface area contributed by atoms with Crippen molar-refractivity contribution < 1.29 is 36.3 Å². The first-order valence-electron chi connectivity index (χ1n) is 4.82. The van der Waals surface area contributed by atoms with Gasteiger partial charge in [-0.2, -0.15) is 0 Å². The van der Waals surface area contributed by atoms with Crippen LogP contribution in [0.3, 0.4) is 0 Å². The van der Waals surface area contributed by atoms with Gasteiger partial charge < -0.3 is 14.4 Å². The maximum atomic E-state index is 13.1. The zero-order valence-electron chi connectivity index (χ0n) is 8.85. The van der Waals surface area contributed by atoms with E-state index in [1.165, 1.54) is 0 Å². The van der Waals surface area contributed by atoms with Crippen LogP contribution in [-0.2, 0) is 6.42 Å². The molecule has 0 aliphatic heterocycles. The van der Waals surface area contributed by atoms with Crippen LogP contribution < -0.4 is 0 Å². The fourth-order valence-electron chi connectivity index (χ4n) is 1.37. The molecule has 0 bridgehead atoms. The first-order chi connectivity index (χ1) is 8.15. The summed E-state index contributed by atoms with van der Waals surface area (Å²) in [5.41, 5.74) is -1.04. The van der Waals surface area contributed by atoms with Crippen molar-refractivity contribution in [3.63, 3.8) is 0 Å². The number of hydrogen-bond acceptors (Lipinski definition) is 3. The number of halogens is 5. The Morgan fingerprint density at radius 1 is 0.722 bits per heavy atom. The highest BCUT2D eigenvalue weighted by Gasteiger charge is 2.28. The maximum Gasteiger partial charge on any atom is 0.492 e. The summed E-state index contributed by atoms with van der Waals surface area (Å²) in [6.07, 6.45) is -0.934. The molecule has 0 aliphatic rings. The molecule has 0 saturated carbocycles. The van der Waals surface area contributed by atoms with Gasteiger partial charge in [0, 0.05) is 11.6 Å². The lowest BCUT2D eigenvalue weighted by Gasteiger charge is -2.10. The topological polar surface area (TPSA) is 60.7 Å². The SMILES string of the molecule is O[Si](O)(O)CCCc1c(F)c(F)c(F)c(F)c1F. The Morgan fingerprint density at radius 3 is 1.50 bits per heavy atom. The van der Waals surface area contributed by atoms with E-state index in [0.29, 0.717) is 0 Å². The van der Waals surface area contributed by atoms with Gasteiger partial charge in [0.2, 0.25) is 5.82 Å². The fraction of sp³-hybridized carbons (Fsp3) is 0.333. The van der Waals surface area contributed by atoms with E-state index < -0.39 is 55.9 Å². The van der Waals surface area contributed by atoms with Crippen LogP contribution in [0.15, 0.2) is 0 Å². The summed E-state index contributed by atoms with van der Waals surface area (Å²) in [7, 11) is -4.39. The zero-order chi connectivity index (χ0) is 14.1. The van der Waals surface area contributed by atoms with Crippen LogP contribution in [-0.4, -0.2) is 23.2 Å². The minimum atomic E-state index is -4.39. The van der Waals surface area contributed by atoms with Crippen molar-refractivity contribution in [1.82, 2.24) is 0 Å². The van der Waals surface area contributed by atoms with Crippen LogP contribution >= 0.6 is 0 Å². The molecule has 0 saturated heterocycles. The van der Waals surface area contributed by atoms with Gasteiger partial charge in [0.15, 0.2) is 23.3 Å². The molecule has 18 heavy (non-hydrogen) atoms. The maximum absolute atomic E-state index is 13.1. The Labute approximate surface area is 99.5 Å². The predicted molar refractivity (Wildman–Crippen MR) is 51.8 cm³/mol. The van der Waals surface area contributed by atoms with Crippen molar-refractivity contribution in [1.29, 1.82) is 0 Å². The molecule has 9 heteroatoms. The van der Waals surface area contributed by atoms with E-state index in [0.717, 1.165) is 0 Å². The summed E-state index contributed by atoms with van der Waals surface area (Å²) >= 11 is 0. The lowest BCUT2D eigenvalue weighted by Crippen LogP contribution is -2.34. The van der Waals surface area contributed by atoms with E-state index in [2.05, 4.69) is 0 Å². The lowest BCUT2D eigenvalue weighted by atomic mass is 10.1. The van der Waals surface area contributed by atoms with E-state index >= 15 is 0 Å². The van der Waals surface area contributed by atoms with Gasteiger partial charge >= 0.3 is 8.80 Å².